The molecule has 0 bridgehead atoms. The molecule has 1 saturated carbocycles. The summed E-state index contributed by atoms with van der Waals surface area (Å²) in [6.45, 7) is 1.92. The van der Waals surface area contributed by atoms with Crippen LogP contribution in [0.1, 0.15) is 37.7 Å². The third-order valence-corrected chi connectivity index (χ3v) is 4.84. The van der Waals surface area contributed by atoms with Gasteiger partial charge >= 0.3 is 0 Å². The Morgan fingerprint density at radius 2 is 1.95 bits per heavy atom. The summed E-state index contributed by atoms with van der Waals surface area (Å²) >= 11 is 3.60. The van der Waals surface area contributed by atoms with Gasteiger partial charge in [-0.15, -0.1) is 0 Å². The molecule has 2 nitrogen and oxygen atoms in total. The second kappa shape index (κ2) is 7.41. The van der Waals surface area contributed by atoms with E-state index in [1.807, 2.05) is 6.07 Å². The molecule has 2 rings (SSSR count). The van der Waals surface area contributed by atoms with Crippen molar-refractivity contribution >= 4 is 15.9 Å². The molecule has 106 valence electrons. The highest BCUT2D eigenvalue weighted by atomic mass is 79.9. The lowest BCUT2D eigenvalue weighted by atomic mass is 9.96. The average molecular weight is 326 g/mol. The van der Waals surface area contributed by atoms with Gasteiger partial charge in [0.1, 0.15) is 0 Å². The number of aliphatic hydroxyl groups excluding tert-OH is 1. The van der Waals surface area contributed by atoms with Crippen molar-refractivity contribution in [1.29, 1.82) is 0 Å². The summed E-state index contributed by atoms with van der Waals surface area (Å²) in [6.07, 6.45) is 5.77. The van der Waals surface area contributed by atoms with Crippen LogP contribution >= 0.6 is 15.9 Å². The minimum absolute atomic E-state index is 0.107. The van der Waals surface area contributed by atoms with Crippen molar-refractivity contribution in [3.63, 3.8) is 0 Å². The van der Waals surface area contributed by atoms with E-state index in [9.17, 15) is 5.11 Å². The van der Waals surface area contributed by atoms with Crippen molar-refractivity contribution in [2.75, 3.05) is 13.6 Å². The molecule has 2 unspecified atom stereocenters. The first-order valence-electron chi connectivity index (χ1n) is 7.27. The SMILES string of the molecule is CN(Cc1ccccc1Br)CC1CCCCCC1O. The molecule has 1 aromatic carbocycles. The molecule has 0 aliphatic heterocycles. The molecule has 19 heavy (non-hydrogen) atoms. The van der Waals surface area contributed by atoms with Crippen LogP contribution in [-0.2, 0) is 6.54 Å². The summed E-state index contributed by atoms with van der Waals surface area (Å²) in [4.78, 5) is 2.33. The van der Waals surface area contributed by atoms with Crippen LogP contribution in [0.2, 0.25) is 0 Å². The zero-order valence-corrected chi connectivity index (χ0v) is 13.3. The first-order chi connectivity index (χ1) is 9.16. The fourth-order valence-corrected chi connectivity index (χ4v) is 3.37. The van der Waals surface area contributed by atoms with Gasteiger partial charge in [0.2, 0.25) is 0 Å². The lowest BCUT2D eigenvalue weighted by molar-refractivity contribution is 0.0780. The van der Waals surface area contributed by atoms with Crippen LogP contribution in [0.4, 0.5) is 0 Å². The Labute approximate surface area is 124 Å². The molecule has 1 aromatic rings. The van der Waals surface area contributed by atoms with Crippen LogP contribution in [0.3, 0.4) is 0 Å². The Kier molecular flexibility index (Phi) is 5.86. The average Bonchev–Trinajstić information content (AvgIpc) is 2.58. The second-order valence-electron chi connectivity index (χ2n) is 5.75. The summed E-state index contributed by atoms with van der Waals surface area (Å²) in [7, 11) is 2.15. The molecule has 0 saturated heterocycles. The molecule has 0 spiro atoms. The molecule has 0 heterocycles. The molecule has 3 heteroatoms. The lowest BCUT2D eigenvalue weighted by Gasteiger charge is -2.26. The normalized spacial score (nSPS) is 24.4. The zero-order chi connectivity index (χ0) is 13.7. The van der Waals surface area contributed by atoms with E-state index in [0.717, 1.165) is 19.5 Å². The van der Waals surface area contributed by atoms with Gasteiger partial charge < -0.3 is 10.0 Å². The van der Waals surface area contributed by atoms with Gasteiger partial charge in [0.05, 0.1) is 6.10 Å². The van der Waals surface area contributed by atoms with Gasteiger partial charge in [0, 0.05) is 17.6 Å². The lowest BCUT2D eigenvalue weighted by Crippen LogP contribution is -2.32. The van der Waals surface area contributed by atoms with Crippen LogP contribution < -0.4 is 0 Å². The monoisotopic (exact) mass is 325 g/mol. The highest BCUT2D eigenvalue weighted by Gasteiger charge is 2.22. The Bertz CT molecular complexity index is 396. The molecule has 0 amide bonds. The van der Waals surface area contributed by atoms with Crippen LogP contribution in [0, 0.1) is 5.92 Å². The molecule has 2 atom stereocenters. The Morgan fingerprint density at radius 3 is 2.74 bits per heavy atom. The molecule has 1 aliphatic rings. The van der Waals surface area contributed by atoms with E-state index in [-0.39, 0.29) is 6.10 Å². The quantitative estimate of drug-likeness (QED) is 0.850. The van der Waals surface area contributed by atoms with E-state index >= 15 is 0 Å². The van der Waals surface area contributed by atoms with E-state index in [2.05, 4.69) is 46.1 Å². The van der Waals surface area contributed by atoms with Crippen molar-refractivity contribution < 1.29 is 5.11 Å². The maximum atomic E-state index is 10.2. The van der Waals surface area contributed by atoms with Gasteiger partial charge in [-0.05, 0) is 37.4 Å². The zero-order valence-electron chi connectivity index (χ0n) is 11.7. The van der Waals surface area contributed by atoms with Crippen LogP contribution in [0.25, 0.3) is 0 Å². The molecule has 1 aliphatic carbocycles. The predicted molar refractivity (Wildman–Crippen MR) is 83.1 cm³/mol. The summed E-state index contributed by atoms with van der Waals surface area (Å²) < 4.78 is 1.17. The van der Waals surface area contributed by atoms with Crippen molar-refractivity contribution in [2.24, 2.45) is 5.92 Å². The number of nitrogens with zero attached hydrogens (tertiary/aromatic N) is 1. The summed E-state index contributed by atoms with van der Waals surface area (Å²) in [5.41, 5.74) is 1.31. The third kappa shape index (κ3) is 4.59. The molecule has 0 aromatic heterocycles. The van der Waals surface area contributed by atoms with E-state index in [1.165, 1.54) is 35.7 Å². The topological polar surface area (TPSA) is 23.5 Å². The smallest absolute Gasteiger partial charge is 0.0580 e. The highest BCUT2D eigenvalue weighted by Crippen LogP contribution is 2.25. The van der Waals surface area contributed by atoms with Gasteiger partial charge in [0.15, 0.2) is 0 Å². The summed E-state index contributed by atoms with van der Waals surface area (Å²) in [6, 6.07) is 8.37. The van der Waals surface area contributed by atoms with Crippen molar-refractivity contribution in [3.05, 3.63) is 34.3 Å². The molecule has 1 fully saturated rings. The summed E-state index contributed by atoms with van der Waals surface area (Å²) in [5.74, 6) is 0.440. The number of benzene rings is 1. The van der Waals surface area contributed by atoms with Gasteiger partial charge in [-0.2, -0.15) is 0 Å². The summed E-state index contributed by atoms with van der Waals surface area (Å²) in [5, 5.41) is 10.2. The predicted octanol–water partition coefficient (Wildman–Crippen LogP) is 3.82. The van der Waals surface area contributed by atoms with E-state index in [0.29, 0.717) is 5.92 Å². The molecule has 0 radical (unpaired) electrons. The molecule has 1 N–H and O–H groups in total. The minimum atomic E-state index is -0.107. The Hall–Kier alpha value is -0.380. The van der Waals surface area contributed by atoms with E-state index < -0.39 is 0 Å². The highest BCUT2D eigenvalue weighted by molar-refractivity contribution is 9.10. The third-order valence-electron chi connectivity index (χ3n) is 4.06. The van der Waals surface area contributed by atoms with E-state index in [1.54, 1.807) is 0 Å². The fourth-order valence-electron chi connectivity index (χ4n) is 2.96. The van der Waals surface area contributed by atoms with Gasteiger partial charge in [-0.1, -0.05) is 53.4 Å². The number of rotatable bonds is 4. The maximum Gasteiger partial charge on any atom is 0.0580 e. The van der Waals surface area contributed by atoms with Crippen molar-refractivity contribution in [3.8, 4) is 0 Å². The van der Waals surface area contributed by atoms with E-state index in [4.69, 9.17) is 0 Å². The largest absolute Gasteiger partial charge is 0.393 e. The number of hydrogen-bond donors (Lipinski definition) is 1. The standard InChI is InChI=1S/C16H24BrNO/c1-18(11-13-7-5-6-9-15(13)17)12-14-8-3-2-4-10-16(14)19/h5-7,9,14,16,19H,2-4,8,10-12H2,1H3. The van der Waals surface area contributed by atoms with Crippen LogP contribution in [0.15, 0.2) is 28.7 Å². The fraction of sp³-hybridized carbons (Fsp3) is 0.625. The van der Waals surface area contributed by atoms with Crippen LogP contribution in [-0.4, -0.2) is 29.7 Å². The second-order valence-corrected chi connectivity index (χ2v) is 6.61. The van der Waals surface area contributed by atoms with Crippen molar-refractivity contribution in [2.45, 2.75) is 44.8 Å². The first-order valence-corrected chi connectivity index (χ1v) is 8.06. The van der Waals surface area contributed by atoms with Crippen molar-refractivity contribution in [1.82, 2.24) is 4.90 Å². The van der Waals surface area contributed by atoms with Gasteiger partial charge in [0.25, 0.3) is 0 Å². The number of aliphatic hydroxyl groups is 1. The number of halogens is 1. The molecular formula is C16H24BrNO. The Balaban J connectivity index is 1.89. The Morgan fingerprint density at radius 1 is 1.21 bits per heavy atom. The first kappa shape index (κ1) is 15.0. The molecular weight excluding hydrogens is 302 g/mol. The van der Waals surface area contributed by atoms with Gasteiger partial charge in [-0.25, -0.2) is 0 Å². The minimum Gasteiger partial charge on any atom is -0.393 e. The van der Waals surface area contributed by atoms with Gasteiger partial charge in [-0.3, -0.25) is 0 Å². The van der Waals surface area contributed by atoms with Crippen LogP contribution in [0.5, 0.6) is 0 Å². The number of hydrogen-bond acceptors (Lipinski definition) is 2. The maximum absolute atomic E-state index is 10.2.